The van der Waals surface area contributed by atoms with Gasteiger partial charge in [0.25, 0.3) is 0 Å². The van der Waals surface area contributed by atoms with Crippen LogP contribution in [0.2, 0.25) is 0 Å². The van der Waals surface area contributed by atoms with Crippen molar-refractivity contribution in [2.45, 2.75) is 51.7 Å². The molecule has 2 rings (SSSR count). The van der Waals surface area contributed by atoms with Gasteiger partial charge < -0.3 is 9.64 Å². The summed E-state index contributed by atoms with van der Waals surface area (Å²) in [5.41, 5.74) is 0. The Kier molecular flexibility index (Phi) is 5.22. The minimum atomic E-state index is 0.0335. The number of ether oxygens (including phenoxy) is 1. The Morgan fingerprint density at radius 1 is 1.11 bits per heavy atom. The summed E-state index contributed by atoms with van der Waals surface area (Å²) in [6.07, 6.45) is 4.79. The summed E-state index contributed by atoms with van der Waals surface area (Å²) in [7, 11) is 1.78. The number of hydrogen-bond acceptors (Lipinski definition) is 3. The summed E-state index contributed by atoms with van der Waals surface area (Å²) in [5, 5.41) is 0. The van der Waals surface area contributed by atoms with Crippen LogP contribution in [0.15, 0.2) is 0 Å². The van der Waals surface area contributed by atoms with Crippen LogP contribution in [-0.4, -0.2) is 61.1 Å². The van der Waals surface area contributed by atoms with E-state index < -0.39 is 0 Å². The summed E-state index contributed by atoms with van der Waals surface area (Å²) in [6.45, 7) is 8.19. The quantitative estimate of drug-likeness (QED) is 0.781. The molecule has 0 unspecified atom stereocenters. The maximum absolute atomic E-state index is 12.5. The Labute approximate surface area is 117 Å². The fraction of sp³-hybridized carbons (Fsp3) is 0.933. The molecule has 0 aliphatic carbocycles. The molecular formula is C15H28N2O2. The standard InChI is InChI=1S/C15H28N2O2/c1-12-4-8-17(9-5-12)15(18)13(2)16-10-6-14(19-3)7-11-16/h12-14H,4-11H2,1-3H3/t13-/m0/s1. The molecule has 0 aromatic rings. The molecule has 2 heterocycles. The molecule has 2 fully saturated rings. The van der Waals surface area contributed by atoms with E-state index in [1.807, 2.05) is 0 Å². The number of carbonyl (C=O) groups excluding carboxylic acids is 1. The van der Waals surface area contributed by atoms with Gasteiger partial charge in [0.15, 0.2) is 0 Å². The molecule has 110 valence electrons. The highest BCUT2D eigenvalue weighted by Gasteiger charge is 2.30. The van der Waals surface area contributed by atoms with Crippen molar-refractivity contribution in [2.75, 3.05) is 33.3 Å². The number of piperidine rings is 2. The minimum absolute atomic E-state index is 0.0335. The number of amides is 1. The van der Waals surface area contributed by atoms with Gasteiger partial charge in [-0.25, -0.2) is 0 Å². The maximum Gasteiger partial charge on any atom is 0.239 e. The highest BCUT2D eigenvalue weighted by Crippen LogP contribution is 2.20. The highest BCUT2D eigenvalue weighted by molar-refractivity contribution is 5.81. The molecule has 0 radical (unpaired) electrons. The smallest absolute Gasteiger partial charge is 0.239 e. The normalized spacial score (nSPS) is 25.5. The Balaban J connectivity index is 1.82. The van der Waals surface area contributed by atoms with Crippen molar-refractivity contribution in [3.05, 3.63) is 0 Å². The van der Waals surface area contributed by atoms with Gasteiger partial charge in [-0.15, -0.1) is 0 Å². The van der Waals surface area contributed by atoms with E-state index >= 15 is 0 Å². The number of likely N-dealkylation sites (tertiary alicyclic amines) is 2. The molecule has 0 aromatic heterocycles. The SMILES string of the molecule is COC1CCN([C@@H](C)C(=O)N2CCC(C)CC2)CC1. The molecule has 1 amide bonds. The lowest BCUT2D eigenvalue weighted by Crippen LogP contribution is -2.51. The maximum atomic E-state index is 12.5. The van der Waals surface area contributed by atoms with Crippen molar-refractivity contribution < 1.29 is 9.53 Å². The highest BCUT2D eigenvalue weighted by atomic mass is 16.5. The van der Waals surface area contributed by atoms with Gasteiger partial charge in [0.2, 0.25) is 5.91 Å². The Hall–Kier alpha value is -0.610. The molecule has 2 aliphatic heterocycles. The molecule has 0 saturated carbocycles. The first kappa shape index (κ1) is 14.8. The summed E-state index contributed by atoms with van der Waals surface area (Å²) < 4.78 is 5.39. The second-order valence-electron chi connectivity index (χ2n) is 6.15. The Morgan fingerprint density at radius 3 is 2.21 bits per heavy atom. The molecule has 0 aromatic carbocycles. The molecular weight excluding hydrogens is 240 g/mol. The summed E-state index contributed by atoms with van der Waals surface area (Å²) >= 11 is 0. The monoisotopic (exact) mass is 268 g/mol. The topological polar surface area (TPSA) is 32.8 Å². The predicted octanol–water partition coefficient (Wildman–Crippen LogP) is 1.74. The van der Waals surface area contributed by atoms with Gasteiger partial charge in [-0.3, -0.25) is 9.69 Å². The van der Waals surface area contributed by atoms with Crippen molar-refractivity contribution >= 4 is 5.91 Å². The van der Waals surface area contributed by atoms with Crippen LogP contribution in [0.3, 0.4) is 0 Å². The average molecular weight is 268 g/mol. The second kappa shape index (κ2) is 6.71. The van der Waals surface area contributed by atoms with E-state index in [0.29, 0.717) is 12.0 Å². The predicted molar refractivity (Wildman–Crippen MR) is 76.0 cm³/mol. The lowest BCUT2D eigenvalue weighted by Gasteiger charge is -2.38. The first-order valence-corrected chi connectivity index (χ1v) is 7.67. The third-order valence-corrected chi connectivity index (χ3v) is 4.81. The second-order valence-corrected chi connectivity index (χ2v) is 6.15. The molecule has 0 spiro atoms. The summed E-state index contributed by atoms with van der Waals surface area (Å²) in [6, 6.07) is 0.0335. The van der Waals surface area contributed by atoms with Gasteiger partial charge in [0, 0.05) is 33.3 Å². The van der Waals surface area contributed by atoms with Crippen LogP contribution < -0.4 is 0 Å². The van der Waals surface area contributed by atoms with Gasteiger partial charge in [-0.1, -0.05) is 6.92 Å². The molecule has 2 saturated heterocycles. The molecule has 0 bridgehead atoms. The number of methoxy groups -OCH3 is 1. The van der Waals surface area contributed by atoms with Crippen LogP contribution in [0.25, 0.3) is 0 Å². The van der Waals surface area contributed by atoms with Crippen LogP contribution in [-0.2, 0) is 9.53 Å². The molecule has 1 atom stereocenters. The first-order valence-electron chi connectivity index (χ1n) is 7.67. The Bertz CT molecular complexity index is 293. The van der Waals surface area contributed by atoms with E-state index in [2.05, 4.69) is 23.6 Å². The third-order valence-electron chi connectivity index (χ3n) is 4.81. The largest absolute Gasteiger partial charge is 0.381 e. The van der Waals surface area contributed by atoms with Crippen LogP contribution in [0.1, 0.15) is 39.5 Å². The molecule has 4 heteroatoms. The lowest BCUT2D eigenvalue weighted by atomic mass is 9.98. The van der Waals surface area contributed by atoms with Crippen molar-refractivity contribution in [2.24, 2.45) is 5.92 Å². The van der Waals surface area contributed by atoms with Gasteiger partial charge in [0.05, 0.1) is 12.1 Å². The summed E-state index contributed by atoms with van der Waals surface area (Å²) in [5.74, 6) is 1.10. The lowest BCUT2D eigenvalue weighted by molar-refractivity contribution is -0.138. The third kappa shape index (κ3) is 3.69. The fourth-order valence-electron chi connectivity index (χ4n) is 3.15. The fourth-order valence-corrected chi connectivity index (χ4v) is 3.15. The van der Waals surface area contributed by atoms with Crippen molar-refractivity contribution in [1.29, 1.82) is 0 Å². The zero-order valence-electron chi connectivity index (χ0n) is 12.6. The average Bonchev–Trinajstić information content (AvgIpc) is 2.46. The Morgan fingerprint density at radius 2 is 1.68 bits per heavy atom. The van der Waals surface area contributed by atoms with Crippen LogP contribution >= 0.6 is 0 Å². The van der Waals surface area contributed by atoms with Crippen LogP contribution in [0.5, 0.6) is 0 Å². The molecule has 2 aliphatic rings. The van der Waals surface area contributed by atoms with Crippen molar-refractivity contribution in [3.8, 4) is 0 Å². The van der Waals surface area contributed by atoms with E-state index in [1.54, 1.807) is 7.11 Å². The van der Waals surface area contributed by atoms with Gasteiger partial charge in [-0.05, 0) is 38.5 Å². The summed E-state index contributed by atoms with van der Waals surface area (Å²) in [4.78, 5) is 16.9. The van der Waals surface area contributed by atoms with Crippen molar-refractivity contribution in [1.82, 2.24) is 9.80 Å². The van der Waals surface area contributed by atoms with E-state index in [0.717, 1.165) is 57.8 Å². The molecule has 0 N–H and O–H groups in total. The van der Waals surface area contributed by atoms with Gasteiger partial charge in [-0.2, -0.15) is 0 Å². The van der Waals surface area contributed by atoms with Crippen molar-refractivity contribution in [3.63, 3.8) is 0 Å². The molecule has 4 nitrogen and oxygen atoms in total. The number of rotatable bonds is 3. The zero-order chi connectivity index (χ0) is 13.8. The first-order chi connectivity index (χ1) is 9.11. The zero-order valence-corrected chi connectivity index (χ0v) is 12.6. The van der Waals surface area contributed by atoms with E-state index in [9.17, 15) is 4.79 Å². The van der Waals surface area contributed by atoms with Crippen LogP contribution in [0, 0.1) is 5.92 Å². The van der Waals surface area contributed by atoms with E-state index in [1.165, 1.54) is 0 Å². The minimum Gasteiger partial charge on any atom is -0.381 e. The van der Waals surface area contributed by atoms with Crippen LogP contribution in [0.4, 0.5) is 0 Å². The number of carbonyl (C=O) groups is 1. The number of hydrogen-bond donors (Lipinski definition) is 0. The van der Waals surface area contributed by atoms with Gasteiger partial charge >= 0.3 is 0 Å². The van der Waals surface area contributed by atoms with Gasteiger partial charge in [0.1, 0.15) is 0 Å². The molecule has 19 heavy (non-hydrogen) atoms. The van der Waals surface area contributed by atoms with E-state index in [4.69, 9.17) is 4.74 Å². The number of nitrogens with zero attached hydrogens (tertiary/aromatic N) is 2. The van der Waals surface area contributed by atoms with E-state index in [-0.39, 0.29) is 6.04 Å².